The number of primary sulfonamides is 1. The first-order chi connectivity index (χ1) is 9.42. The molecule has 1 atom stereocenters. The van der Waals surface area contributed by atoms with E-state index in [-0.39, 0.29) is 17.8 Å². The van der Waals surface area contributed by atoms with Gasteiger partial charge in [-0.05, 0) is 30.5 Å². The van der Waals surface area contributed by atoms with E-state index in [1.807, 2.05) is 0 Å². The van der Waals surface area contributed by atoms with Crippen LogP contribution in [0, 0.1) is 0 Å². The second-order valence-electron chi connectivity index (χ2n) is 4.89. The van der Waals surface area contributed by atoms with E-state index in [0.29, 0.717) is 17.7 Å². The first-order valence-electron chi connectivity index (χ1n) is 6.43. The highest BCUT2D eigenvalue weighted by Gasteiger charge is 2.19. The van der Waals surface area contributed by atoms with Crippen molar-refractivity contribution in [2.24, 2.45) is 5.14 Å². The van der Waals surface area contributed by atoms with Gasteiger partial charge in [-0.25, -0.2) is 13.6 Å². The summed E-state index contributed by atoms with van der Waals surface area (Å²) >= 11 is 0. The van der Waals surface area contributed by atoms with Crippen molar-refractivity contribution >= 4 is 21.6 Å². The van der Waals surface area contributed by atoms with Crippen molar-refractivity contribution in [2.75, 3.05) is 11.9 Å². The lowest BCUT2D eigenvalue weighted by atomic mass is 10.1. The molecule has 0 aliphatic carbocycles. The molecule has 1 fully saturated rings. The van der Waals surface area contributed by atoms with Crippen molar-refractivity contribution in [3.05, 3.63) is 29.8 Å². The molecule has 1 aliphatic heterocycles. The van der Waals surface area contributed by atoms with E-state index in [1.54, 1.807) is 24.3 Å². The smallest absolute Gasteiger partial charge is 0.226 e. The number of hydrogen-bond donors (Lipinski definition) is 2. The van der Waals surface area contributed by atoms with Crippen molar-refractivity contribution in [3.8, 4) is 0 Å². The lowest BCUT2D eigenvalue weighted by Crippen LogP contribution is -2.19. The van der Waals surface area contributed by atoms with Crippen molar-refractivity contribution in [1.82, 2.24) is 0 Å². The Kier molecular flexibility index (Phi) is 4.74. The molecule has 2 rings (SSSR count). The lowest BCUT2D eigenvalue weighted by Gasteiger charge is -2.10. The van der Waals surface area contributed by atoms with Gasteiger partial charge in [0.25, 0.3) is 0 Å². The summed E-state index contributed by atoms with van der Waals surface area (Å²) in [6.45, 7) is 0.722. The molecule has 1 aromatic rings. The number of carbonyl (C=O) groups excluding carboxylic acids is 1. The van der Waals surface area contributed by atoms with Crippen LogP contribution in [-0.4, -0.2) is 27.0 Å². The second-order valence-corrected chi connectivity index (χ2v) is 6.51. The van der Waals surface area contributed by atoms with Gasteiger partial charge in [-0.1, -0.05) is 12.1 Å². The van der Waals surface area contributed by atoms with Crippen LogP contribution in [0.15, 0.2) is 24.3 Å². The summed E-state index contributed by atoms with van der Waals surface area (Å²) in [5.74, 6) is -0.312. The minimum absolute atomic E-state index is 0.0108. The van der Waals surface area contributed by atoms with E-state index in [1.165, 1.54) is 0 Å². The highest BCUT2D eigenvalue weighted by molar-refractivity contribution is 7.88. The number of carbonyl (C=O) groups is 1. The van der Waals surface area contributed by atoms with Gasteiger partial charge in [0, 0.05) is 12.3 Å². The molecule has 7 heteroatoms. The summed E-state index contributed by atoms with van der Waals surface area (Å²) in [5.41, 5.74) is 1.22. The van der Waals surface area contributed by atoms with Crippen LogP contribution in [0.4, 0.5) is 5.69 Å². The first-order valence-corrected chi connectivity index (χ1v) is 8.15. The molecule has 0 spiro atoms. The van der Waals surface area contributed by atoms with Crippen molar-refractivity contribution in [3.63, 3.8) is 0 Å². The molecule has 20 heavy (non-hydrogen) atoms. The van der Waals surface area contributed by atoms with Crippen LogP contribution in [0.3, 0.4) is 0 Å². The van der Waals surface area contributed by atoms with Gasteiger partial charge in [0.05, 0.1) is 18.3 Å². The fourth-order valence-corrected chi connectivity index (χ4v) is 2.80. The largest absolute Gasteiger partial charge is 0.378 e. The maximum absolute atomic E-state index is 11.8. The Morgan fingerprint density at radius 3 is 2.60 bits per heavy atom. The Bertz CT molecular complexity index is 563. The van der Waals surface area contributed by atoms with Gasteiger partial charge in [-0.15, -0.1) is 0 Å². The van der Waals surface area contributed by atoms with Gasteiger partial charge in [0.2, 0.25) is 15.9 Å². The van der Waals surface area contributed by atoms with E-state index in [2.05, 4.69) is 5.32 Å². The molecule has 1 saturated heterocycles. The number of hydrogen-bond acceptors (Lipinski definition) is 4. The maximum Gasteiger partial charge on any atom is 0.226 e. The van der Waals surface area contributed by atoms with E-state index in [0.717, 1.165) is 19.4 Å². The maximum atomic E-state index is 11.8. The zero-order valence-electron chi connectivity index (χ0n) is 11.0. The van der Waals surface area contributed by atoms with E-state index < -0.39 is 10.0 Å². The number of nitrogens with two attached hydrogens (primary N) is 1. The summed E-state index contributed by atoms with van der Waals surface area (Å²) in [7, 11) is -3.53. The molecule has 1 heterocycles. The standard InChI is InChI=1S/C13H18N2O4S/c14-20(17,18)9-10-3-5-11(6-4-10)15-13(16)8-12-2-1-7-19-12/h3-6,12H,1-2,7-9H2,(H,15,16)(H2,14,17,18). The zero-order chi connectivity index (χ0) is 14.6. The number of ether oxygens (including phenoxy) is 1. The Morgan fingerprint density at radius 2 is 2.05 bits per heavy atom. The van der Waals surface area contributed by atoms with E-state index >= 15 is 0 Å². The molecule has 0 radical (unpaired) electrons. The van der Waals surface area contributed by atoms with E-state index in [9.17, 15) is 13.2 Å². The Morgan fingerprint density at radius 1 is 1.35 bits per heavy atom. The van der Waals surface area contributed by atoms with Gasteiger partial charge in [-0.2, -0.15) is 0 Å². The Balaban J connectivity index is 1.88. The molecule has 110 valence electrons. The highest BCUT2D eigenvalue weighted by atomic mass is 32.2. The molecular weight excluding hydrogens is 280 g/mol. The number of sulfonamides is 1. The molecule has 6 nitrogen and oxygen atoms in total. The molecule has 1 aliphatic rings. The van der Waals surface area contributed by atoms with Gasteiger partial charge in [0.15, 0.2) is 0 Å². The number of rotatable bonds is 5. The van der Waals surface area contributed by atoms with Crippen LogP contribution in [0.2, 0.25) is 0 Å². The van der Waals surface area contributed by atoms with E-state index in [4.69, 9.17) is 9.88 Å². The third kappa shape index (κ3) is 4.92. The molecular formula is C13H18N2O4S. The minimum atomic E-state index is -3.53. The molecule has 0 aromatic heterocycles. The fourth-order valence-electron chi connectivity index (χ4n) is 2.14. The monoisotopic (exact) mass is 298 g/mol. The van der Waals surface area contributed by atoms with Crippen molar-refractivity contribution < 1.29 is 17.9 Å². The normalized spacial score (nSPS) is 18.9. The quantitative estimate of drug-likeness (QED) is 0.846. The molecule has 1 unspecified atom stereocenters. The SMILES string of the molecule is NS(=O)(=O)Cc1ccc(NC(=O)CC2CCCO2)cc1. The molecule has 1 amide bonds. The zero-order valence-corrected chi connectivity index (χ0v) is 11.9. The number of benzene rings is 1. The summed E-state index contributed by atoms with van der Waals surface area (Å²) in [6.07, 6.45) is 2.27. The predicted octanol–water partition coefficient (Wildman–Crippen LogP) is 0.983. The fraction of sp³-hybridized carbons (Fsp3) is 0.462. The number of anilines is 1. The van der Waals surface area contributed by atoms with Crippen molar-refractivity contribution in [2.45, 2.75) is 31.1 Å². The average molecular weight is 298 g/mol. The predicted molar refractivity (Wildman–Crippen MR) is 75.5 cm³/mol. The highest BCUT2D eigenvalue weighted by Crippen LogP contribution is 2.17. The van der Waals surface area contributed by atoms with Crippen LogP contribution >= 0.6 is 0 Å². The number of nitrogens with one attached hydrogen (secondary N) is 1. The second kappa shape index (κ2) is 6.34. The molecule has 3 N–H and O–H groups in total. The van der Waals surface area contributed by atoms with Crippen LogP contribution < -0.4 is 10.5 Å². The van der Waals surface area contributed by atoms with Gasteiger partial charge >= 0.3 is 0 Å². The van der Waals surface area contributed by atoms with Crippen LogP contribution in [0.5, 0.6) is 0 Å². The summed E-state index contributed by atoms with van der Waals surface area (Å²) in [5, 5.41) is 7.73. The Labute approximate surface area is 118 Å². The third-order valence-electron chi connectivity index (χ3n) is 3.04. The summed E-state index contributed by atoms with van der Waals surface area (Å²) in [6, 6.07) is 6.58. The molecule has 1 aromatic carbocycles. The number of amides is 1. The Hall–Kier alpha value is -1.44. The van der Waals surface area contributed by atoms with Gasteiger partial charge in [-0.3, -0.25) is 4.79 Å². The van der Waals surface area contributed by atoms with Gasteiger partial charge < -0.3 is 10.1 Å². The van der Waals surface area contributed by atoms with Crippen LogP contribution in [-0.2, 0) is 25.3 Å². The lowest BCUT2D eigenvalue weighted by molar-refractivity contribution is -0.118. The topological polar surface area (TPSA) is 98.5 Å². The van der Waals surface area contributed by atoms with Crippen LogP contribution in [0.1, 0.15) is 24.8 Å². The van der Waals surface area contributed by atoms with Crippen molar-refractivity contribution in [1.29, 1.82) is 0 Å². The van der Waals surface area contributed by atoms with Gasteiger partial charge in [0.1, 0.15) is 0 Å². The first kappa shape index (κ1) is 15.0. The summed E-state index contributed by atoms with van der Waals surface area (Å²) in [4.78, 5) is 11.8. The molecule has 0 saturated carbocycles. The average Bonchev–Trinajstić information content (AvgIpc) is 2.82. The minimum Gasteiger partial charge on any atom is -0.378 e. The summed E-state index contributed by atoms with van der Waals surface area (Å²) < 4.78 is 27.3. The third-order valence-corrected chi connectivity index (χ3v) is 3.78. The molecule has 0 bridgehead atoms. The van der Waals surface area contributed by atoms with Crippen LogP contribution in [0.25, 0.3) is 0 Å².